The lowest BCUT2D eigenvalue weighted by molar-refractivity contribution is -0.334. The van der Waals surface area contributed by atoms with E-state index in [1.165, 1.54) is 24.8 Å². The van der Waals surface area contributed by atoms with Gasteiger partial charge in [-0.2, -0.15) is 5.06 Å². The van der Waals surface area contributed by atoms with Gasteiger partial charge in [0.15, 0.2) is 5.79 Å². The number of hydroxylamine groups is 2. The molecule has 3 aliphatic heterocycles. The Labute approximate surface area is 144 Å². The molecule has 2 bridgehead atoms. The van der Waals surface area contributed by atoms with E-state index >= 15 is 0 Å². The van der Waals surface area contributed by atoms with Gasteiger partial charge in [0.25, 0.3) is 0 Å². The van der Waals surface area contributed by atoms with E-state index in [2.05, 4.69) is 42.3 Å². The molecule has 4 aliphatic rings. The molecule has 0 amide bonds. The van der Waals surface area contributed by atoms with Crippen LogP contribution in [0.25, 0.3) is 0 Å². The summed E-state index contributed by atoms with van der Waals surface area (Å²) in [4.78, 5) is 6.29. The van der Waals surface area contributed by atoms with Crippen molar-refractivity contribution in [3.05, 3.63) is 35.9 Å². The van der Waals surface area contributed by atoms with E-state index in [0.29, 0.717) is 12.0 Å². The van der Waals surface area contributed by atoms with Crippen molar-refractivity contribution in [2.45, 2.75) is 68.9 Å². The number of ether oxygens (including phenoxy) is 2. The summed E-state index contributed by atoms with van der Waals surface area (Å²) in [5.74, 6) is 0.198. The number of nitrogens with zero attached hydrogens (tertiary/aromatic N) is 1. The monoisotopic (exact) mass is 329 g/mol. The van der Waals surface area contributed by atoms with Crippen molar-refractivity contribution < 1.29 is 14.3 Å². The summed E-state index contributed by atoms with van der Waals surface area (Å²) in [5, 5.41) is 2.23. The molecule has 1 aliphatic carbocycles. The van der Waals surface area contributed by atoms with Crippen LogP contribution in [0, 0.1) is 5.92 Å². The lowest BCUT2D eigenvalue weighted by atomic mass is 9.78. The number of benzene rings is 1. The highest BCUT2D eigenvalue weighted by Gasteiger charge is 2.62. The first-order chi connectivity index (χ1) is 11.7. The van der Waals surface area contributed by atoms with Crippen molar-refractivity contribution in [3.8, 4) is 0 Å². The maximum atomic E-state index is 6.37. The Morgan fingerprint density at radius 2 is 1.71 bits per heavy atom. The molecule has 3 heterocycles. The number of rotatable bonds is 1. The second-order valence-corrected chi connectivity index (χ2v) is 8.16. The largest absolute Gasteiger partial charge is 0.348 e. The van der Waals surface area contributed by atoms with E-state index in [0.717, 1.165) is 32.5 Å². The molecule has 24 heavy (non-hydrogen) atoms. The zero-order valence-electron chi connectivity index (χ0n) is 14.4. The summed E-state index contributed by atoms with van der Waals surface area (Å²) in [7, 11) is 0. The van der Waals surface area contributed by atoms with Crippen LogP contribution in [0.2, 0.25) is 0 Å². The van der Waals surface area contributed by atoms with Crippen LogP contribution in [0.4, 0.5) is 0 Å². The van der Waals surface area contributed by atoms with Gasteiger partial charge in [0.1, 0.15) is 0 Å². The van der Waals surface area contributed by atoms with Gasteiger partial charge in [0, 0.05) is 25.2 Å². The van der Waals surface area contributed by atoms with Crippen molar-refractivity contribution in [3.63, 3.8) is 0 Å². The van der Waals surface area contributed by atoms with Crippen LogP contribution < -0.4 is 0 Å². The van der Waals surface area contributed by atoms with Crippen LogP contribution >= 0.6 is 0 Å². The van der Waals surface area contributed by atoms with Gasteiger partial charge in [-0.3, -0.25) is 4.84 Å². The van der Waals surface area contributed by atoms with E-state index in [-0.39, 0.29) is 17.4 Å². The average Bonchev–Trinajstić information content (AvgIpc) is 3.15. The van der Waals surface area contributed by atoms with Crippen LogP contribution in [-0.2, 0) is 14.3 Å². The van der Waals surface area contributed by atoms with Gasteiger partial charge in [-0.05, 0) is 18.4 Å². The van der Waals surface area contributed by atoms with Crippen LogP contribution in [-0.4, -0.2) is 35.7 Å². The SMILES string of the molecule is C[C@H]1[C@@H](c2ccccc2)N2O[C@@H]1CC21COC2(CCCCC2)OC1. The lowest BCUT2D eigenvalue weighted by Gasteiger charge is -2.51. The Morgan fingerprint density at radius 3 is 2.38 bits per heavy atom. The van der Waals surface area contributed by atoms with E-state index in [1.807, 2.05) is 0 Å². The minimum atomic E-state index is -0.305. The molecule has 0 N–H and O–H groups in total. The molecule has 4 heteroatoms. The van der Waals surface area contributed by atoms with Crippen LogP contribution in [0.15, 0.2) is 30.3 Å². The van der Waals surface area contributed by atoms with Crippen molar-refractivity contribution in [1.82, 2.24) is 5.06 Å². The second kappa shape index (κ2) is 5.53. The number of piperidine rings is 1. The standard InChI is InChI=1S/C20H27NO3/c1-15-17-12-19(13-22-20(23-14-19)10-6-3-7-11-20)21(24-17)18(15)16-8-4-2-5-9-16/h2,4-5,8-9,15,17-18H,3,6-7,10-14H2,1H3/t15-,17-,18+/m1/s1. The number of hydrogen-bond donors (Lipinski definition) is 0. The van der Waals surface area contributed by atoms with E-state index in [1.54, 1.807) is 0 Å². The van der Waals surface area contributed by atoms with Crippen molar-refractivity contribution in [2.75, 3.05) is 13.2 Å². The quantitative estimate of drug-likeness (QED) is 0.783. The third kappa shape index (κ3) is 2.20. The topological polar surface area (TPSA) is 30.9 Å². The molecule has 1 saturated carbocycles. The van der Waals surface area contributed by atoms with Crippen molar-refractivity contribution in [1.29, 1.82) is 0 Å². The third-order valence-electron chi connectivity index (χ3n) is 6.60. The molecule has 0 aromatic heterocycles. The molecular weight excluding hydrogens is 302 g/mol. The molecule has 4 fully saturated rings. The molecule has 0 radical (unpaired) electrons. The maximum Gasteiger partial charge on any atom is 0.168 e. The van der Waals surface area contributed by atoms with Gasteiger partial charge in [-0.15, -0.1) is 0 Å². The molecule has 1 aromatic carbocycles. The van der Waals surface area contributed by atoms with E-state index in [4.69, 9.17) is 14.3 Å². The summed E-state index contributed by atoms with van der Waals surface area (Å²) < 4.78 is 12.7. The predicted molar refractivity (Wildman–Crippen MR) is 90.1 cm³/mol. The Morgan fingerprint density at radius 1 is 1.00 bits per heavy atom. The van der Waals surface area contributed by atoms with Gasteiger partial charge in [-0.25, -0.2) is 0 Å². The fourth-order valence-electron chi connectivity index (χ4n) is 5.15. The molecular formula is C20H27NO3. The summed E-state index contributed by atoms with van der Waals surface area (Å²) in [6.45, 7) is 3.78. The van der Waals surface area contributed by atoms with Crippen LogP contribution in [0.1, 0.15) is 57.1 Å². The highest BCUT2D eigenvalue weighted by molar-refractivity contribution is 5.24. The van der Waals surface area contributed by atoms with Crippen LogP contribution in [0.5, 0.6) is 0 Å². The first-order valence-electron chi connectivity index (χ1n) is 9.51. The first kappa shape index (κ1) is 15.3. The van der Waals surface area contributed by atoms with Crippen molar-refractivity contribution >= 4 is 0 Å². The Kier molecular flexibility index (Phi) is 3.53. The van der Waals surface area contributed by atoms with Gasteiger partial charge >= 0.3 is 0 Å². The molecule has 130 valence electrons. The molecule has 3 saturated heterocycles. The normalized spacial score (nSPS) is 39.5. The lowest BCUT2D eigenvalue weighted by Crippen LogP contribution is -2.61. The summed E-state index contributed by atoms with van der Waals surface area (Å²) in [6, 6.07) is 11.0. The molecule has 1 aromatic rings. The molecule has 5 rings (SSSR count). The van der Waals surface area contributed by atoms with E-state index in [9.17, 15) is 0 Å². The Bertz CT molecular complexity index is 588. The molecule has 2 spiro atoms. The summed E-state index contributed by atoms with van der Waals surface area (Å²) in [6.07, 6.45) is 7.15. The Hall–Kier alpha value is -0.940. The third-order valence-corrected chi connectivity index (χ3v) is 6.60. The average molecular weight is 329 g/mol. The molecule has 4 nitrogen and oxygen atoms in total. The number of hydrogen-bond acceptors (Lipinski definition) is 4. The second-order valence-electron chi connectivity index (χ2n) is 8.16. The highest BCUT2D eigenvalue weighted by Crippen LogP contribution is 2.54. The highest BCUT2D eigenvalue weighted by atomic mass is 16.7. The zero-order valence-corrected chi connectivity index (χ0v) is 14.4. The summed E-state index contributed by atoms with van der Waals surface area (Å²) in [5.41, 5.74) is 1.23. The maximum absolute atomic E-state index is 6.37. The smallest absolute Gasteiger partial charge is 0.168 e. The molecule has 4 atom stereocenters. The summed E-state index contributed by atoms with van der Waals surface area (Å²) >= 11 is 0. The van der Waals surface area contributed by atoms with Crippen molar-refractivity contribution in [2.24, 2.45) is 5.92 Å². The van der Waals surface area contributed by atoms with Gasteiger partial charge in [-0.1, -0.05) is 43.7 Å². The minimum Gasteiger partial charge on any atom is -0.348 e. The number of fused-ring (bicyclic) bond motifs is 3. The van der Waals surface area contributed by atoms with Gasteiger partial charge in [0.05, 0.1) is 30.9 Å². The minimum absolute atomic E-state index is 0.111. The van der Waals surface area contributed by atoms with Gasteiger partial charge in [0.2, 0.25) is 0 Å². The first-order valence-corrected chi connectivity index (χ1v) is 9.51. The van der Waals surface area contributed by atoms with Crippen LogP contribution in [0.3, 0.4) is 0 Å². The van der Waals surface area contributed by atoms with E-state index < -0.39 is 0 Å². The Balaban J connectivity index is 1.38. The zero-order chi connectivity index (χ0) is 16.2. The van der Waals surface area contributed by atoms with Gasteiger partial charge < -0.3 is 9.47 Å². The fraction of sp³-hybridized carbons (Fsp3) is 0.700. The molecule has 1 unspecified atom stereocenters. The predicted octanol–water partition coefficient (Wildman–Crippen LogP) is 3.83. The fourth-order valence-corrected chi connectivity index (χ4v) is 5.15.